The van der Waals surface area contributed by atoms with Crippen LogP contribution in [0.5, 0.6) is 0 Å². The number of nitrogens with zero attached hydrogens (tertiary/aromatic N) is 1. The maximum Gasteiger partial charge on any atom is 0.412 e. The van der Waals surface area contributed by atoms with Gasteiger partial charge in [0, 0.05) is 6.20 Å². The number of aromatic amines is 1. The molecular formula is C6H8ClF3N4O. The Kier molecular flexibility index (Phi) is 4.56. The highest BCUT2D eigenvalue weighted by atomic mass is 35.5. The summed E-state index contributed by atoms with van der Waals surface area (Å²) in [5, 5.41) is 7.71. The first-order chi connectivity index (χ1) is 6.41. The van der Waals surface area contributed by atoms with Gasteiger partial charge in [0.2, 0.25) is 0 Å². The molecule has 0 fully saturated rings. The molecule has 0 aliphatic rings. The molecule has 0 aliphatic heterocycles. The molecule has 9 heteroatoms. The van der Waals surface area contributed by atoms with E-state index in [-0.39, 0.29) is 18.1 Å². The minimum atomic E-state index is -4.74. The minimum absolute atomic E-state index is 0. The Morgan fingerprint density at radius 2 is 2.20 bits per heavy atom. The number of hydrogen-bond acceptors (Lipinski definition) is 3. The van der Waals surface area contributed by atoms with Crippen LogP contribution in [0.25, 0.3) is 0 Å². The number of nitrogens with one attached hydrogen (secondary N) is 2. The van der Waals surface area contributed by atoms with Gasteiger partial charge < -0.3 is 11.1 Å². The number of rotatable bonds is 2. The molecule has 1 unspecified atom stereocenters. The third kappa shape index (κ3) is 3.76. The SMILES string of the molecule is Cl.NC(C(=O)Nc1cn[nH]c1)C(F)(F)F. The van der Waals surface area contributed by atoms with Gasteiger partial charge in [0.25, 0.3) is 5.91 Å². The summed E-state index contributed by atoms with van der Waals surface area (Å²) in [6.45, 7) is 0. The standard InChI is InChI=1S/C6H7F3N4O.ClH/c7-6(8,9)4(10)5(14)13-3-1-11-12-2-3;/h1-2,4H,10H2,(H,11,12)(H,13,14);1H. The van der Waals surface area contributed by atoms with Crippen LogP contribution in [0.3, 0.4) is 0 Å². The first kappa shape index (κ1) is 13.7. The Morgan fingerprint density at radius 3 is 2.60 bits per heavy atom. The predicted molar refractivity (Wildman–Crippen MR) is 48.5 cm³/mol. The zero-order valence-corrected chi connectivity index (χ0v) is 8.02. The lowest BCUT2D eigenvalue weighted by Gasteiger charge is -2.14. The van der Waals surface area contributed by atoms with Gasteiger partial charge >= 0.3 is 6.18 Å². The third-order valence-electron chi connectivity index (χ3n) is 1.40. The monoisotopic (exact) mass is 244 g/mol. The van der Waals surface area contributed by atoms with E-state index in [1.807, 2.05) is 5.32 Å². The van der Waals surface area contributed by atoms with Gasteiger partial charge in [0.1, 0.15) is 0 Å². The number of H-pyrrole nitrogens is 1. The van der Waals surface area contributed by atoms with Crippen LogP contribution in [-0.4, -0.2) is 28.3 Å². The average molecular weight is 245 g/mol. The second kappa shape index (κ2) is 4.99. The van der Waals surface area contributed by atoms with E-state index in [9.17, 15) is 18.0 Å². The topological polar surface area (TPSA) is 83.8 Å². The number of hydrogen-bond donors (Lipinski definition) is 3. The second-order valence-corrected chi connectivity index (χ2v) is 2.50. The smallest absolute Gasteiger partial charge is 0.322 e. The van der Waals surface area contributed by atoms with Gasteiger partial charge in [-0.1, -0.05) is 0 Å². The van der Waals surface area contributed by atoms with Crippen molar-refractivity contribution in [3.05, 3.63) is 12.4 Å². The molecule has 1 aromatic heterocycles. The van der Waals surface area contributed by atoms with Crippen LogP contribution < -0.4 is 11.1 Å². The van der Waals surface area contributed by atoms with Crippen LogP contribution in [0.15, 0.2) is 12.4 Å². The van der Waals surface area contributed by atoms with E-state index in [0.717, 1.165) is 0 Å². The molecule has 0 saturated carbocycles. The Bertz CT molecular complexity index is 313. The van der Waals surface area contributed by atoms with Crippen molar-refractivity contribution in [2.75, 3.05) is 5.32 Å². The van der Waals surface area contributed by atoms with Crippen LogP contribution in [0, 0.1) is 0 Å². The molecule has 1 heterocycles. The van der Waals surface area contributed by atoms with Crippen LogP contribution in [0.1, 0.15) is 0 Å². The van der Waals surface area contributed by atoms with Gasteiger partial charge in [0.15, 0.2) is 6.04 Å². The number of aromatic nitrogens is 2. The van der Waals surface area contributed by atoms with Gasteiger partial charge in [-0.2, -0.15) is 18.3 Å². The molecule has 1 aromatic rings. The molecule has 0 spiro atoms. The van der Waals surface area contributed by atoms with Crippen LogP contribution in [0.2, 0.25) is 0 Å². The van der Waals surface area contributed by atoms with Crippen LogP contribution in [0.4, 0.5) is 18.9 Å². The molecule has 0 aliphatic carbocycles. The zero-order valence-electron chi connectivity index (χ0n) is 7.21. The summed E-state index contributed by atoms with van der Waals surface area (Å²) in [6, 6.07) is -2.53. The normalized spacial score (nSPS) is 12.8. The molecule has 0 bridgehead atoms. The lowest BCUT2D eigenvalue weighted by Crippen LogP contribution is -2.47. The predicted octanol–water partition coefficient (Wildman–Crippen LogP) is 0.660. The number of carbonyl (C=O) groups excluding carboxylic acids is 1. The highest BCUT2D eigenvalue weighted by Gasteiger charge is 2.42. The van der Waals surface area contributed by atoms with E-state index < -0.39 is 18.1 Å². The second-order valence-electron chi connectivity index (χ2n) is 2.50. The molecule has 1 amide bonds. The summed E-state index contributed by atoms with van der Waals surface area (Å²) < 4.78 is 35.8. The third-order valence-corrected chi connectivity index (χ3v) is 1.40. The molecule has 86 valence electrons. The average Bonchev–Trinajstić information content (AvgIpc) is 2.53. The van der Waals surface area contributed by atoms with E-state index >= 15 is 0 Å². The van der Waals surface area contributed by atoms with Crippen molar-refractivity contribution >= 4 is 24.0 Å². The van der Waals surface area contributed by atoms with Gasteiger partial charge in [0.05, 0.1) is 11.9 Å². The quantitative estimate of drug-likeness (QED) is 0.715. The zero-order chi connectivity index (χ0) is 10.8. The number of amides is 1. The van der Waals surface area contributed by atoms with Crippen LogP contribution >= 0.6 is 12.4 Å². The minimum Gasteiger partial charge on any atom is -0.322 e. The van der Waals surface area contributed by atoms with E-state index in [4.69, 9.17) is 0 Å². The van der Waals surface area contributed by atoms with Gasteiger partial charge in [-0.15, -0.1) is 12.4 Å². The first-order valence-corrected chi connectivity index (χ1v) is 3.53. The maximum absolute atomic E-state index is 11.9. The molecule has 5 nitrogen and oxygen atoms in total. The fraction of sp³-hybridized carbons (Fsp3) is 0.333. The summed E-state index contributed by atoms with van der Waals surface area (Å²) >= 11 is 0. The fourth-order valence-electron chi connectivity index (χ4n) is 0.688. The van der Waals surface area contributed by atoms with E-state index in [2.05, 4.69) is 15.9 Å². The number of anilines is 1. The molecule has 4 N–H and O–H groups in total. The van der Waals surface area contributed by atoms with Crippen LogP contribution in [-0.2, 0) is 4.79 Å². The number of carbonyl (C=O) groups is 1. The molecule has 0 saturated heterocycles. The summed E-state index contributed by atoms with van der Waals surface area (Å²) in [7, 11) is 0. The van der Waals surface area contributed by atoms with Gasteiger partial charge in [-0.25, -0.2) is 0 Å². The highest BCUT2D eigenvalue weighted by molar-refractivity contribution is 5.94. The number of nitrogens with two attached hydrogens (primary N) is 1. The lowest BCUT2D eigenvalue weighted by molar-refractivity contribution is -0.159. The van der Waals surface area contributed by atoms with Crippen molar-refractivity contribution in [3.8, 4) is 0 Å². The van der Waals surface area contributed by atoms with E-state index in [1.54, 1.807) is 0 Å². The van der Waals surface area contributed by atoms with Crippen molar-refractivity contribution in [1.29, 1.82) is 0 Å². The molecule has 15 heavy (non-hydrogen) atoms. The Labute approximate surface area is 88.6 Å². The van der Waals surface area contributed by atoms with Crippen molar-refractivity contribution in [1.82, 2.24) is 10.2 Å². The first-order valence-electron chi connectivity index (χ1n) is 3.53. The van der Waals surface area contributed by atoms with E-state index in [1.165, 1.54) is 12.4 Å². The van der Waals surface area contributed by atoms with Crippen molar-refractivity contribution in [3.63, 3.8) is 0 Å². The molecule has 1 atom stereocenters. The summed E-state index contributed by atoms with van der Waals surface area (Å²) in [4.78, 5) is 10.9. The molecule has 1 rings (SSSR count). The molecule has 0 aromatic carbocycles. The Morgan fingerprint density at radius 1 is 1.60 bits per heavy atom. The summed E-state index contributed by atoms with van der Waals surface area (Å²) in [5.74, 6) is -1.32. The highest BCUT2D eigenvalue weighted by Crippen LogP contribution is 2.19. The van der Waals surface area contributed by atoms with E-state index in [0.29, 0.717) is 0 Å². The number of halogens is 4. The summed E-state index contributed by atoms with van der Waals surface area (Å²) in [6.07, 6.45) is -2.34. The lowest BCUT2D eigenvalue weighted by atomic mass is 10.3. The summed E-state index contributed by atoms with van der Waals surface area (Å²) in [5.41, 5.74) is 4.78. The Balaban J connectivity index is 0.00000196. The molecule has 0 radical (unpaired) electrons. The maximum atomic E-state index is 11.9. The largest absolute Gasteiger partial charge is 0.412 e. The number of alkyl halides is 3. The van der Waals surface area contributed by atoms with Gasteiger partial charge in [-0.05, 0) is 0 Å². The molecular weight excluding hydrogens is 237 g/mol. The fourth-order valence-corrected chi connectivity index (χ4v) is 0.688. The van der Waals surface area contributed by atoms with Gasteiger partial charge in [-0.3, -0.25) is 9.89 Å². The Hall–Kier alpha value is -1.28. The van der Waals surface area contributed by atoms with Crippen molar-refractivity contribution < 1.29 is 18.0 Å². The van der Waals surface area contributed by atoms with Crippen molar-refractivity contribution in [2.24, 2.45) is 5.73 Å². The van der Waals surface area contributed by atoms with Crippen molar-refractivity contribution in [2.45, 2.75) is 12.2 Å².